The Balaban J connectivity index is 1.72. The fourth-order valence-electron chi connectivity index (χ4n) is 3.49. The van der Waals surface area contributed by atoms with Crippen LogP contribution in [0, 0.1) is 0 Å². The van der Waals surface area contributed by atoms with Crippen LogP contribution in [0.15, 0.2) is 30.3 Å². The third kappa shape index (κ3) is 3.94. The maximum atomic E-state index is 12.7. The van der Waals surface area contributed by atoms with Crippen LogP contribution in [0.2, 0.25) is 0 Å². The molecule has 2 saturated heterocycles. The summed E-state index contributed by atoms with van der Waals surface area (Å²) in [6.45, 7) is 1.45. The first-order chi connectivity index (χ1) is 13.0. The van der Waals surface area contributed by atoms with Crippen molar-refractivity contribution >= 4 is 23.9 Å². The van der Waals surface area contributed by atoms with E-state index >= 15 is 0 Å². The Labute approximate surface area is 157 Å². The van der Waals surface area contributed by atoms with Gasteiger partial charge in [0.2, 0.25) is 0 Å². The topological polar surface area (TPSA) is 93.2 Å². The highest BCUT2D eigenvalue weighted by Gasteiger charge is 2.51. The fourth-order valence-corrected chi connectivity index (χ4v) is 3.49. The molecular weight excluding hydrogens is 352 g/mol. The van der Waals surface area contributed by atoms with Crippen molar-refractivity contribution in [3.05, 3.63) is 35.9 Å². The van der Waals surface area contributed by atoms with E-state index in [-0.39, 0.29) is 13.2 Å². The number of hydrogen-bond acceptors (Lipinski definition) is 6. The van der Waals surface area contributed by atoms with Crippen LogP contribution in [0.4, 0.5) is 4.79 Å². The average Bonchev–Trinajstić information content (AvgIpc) is 2.68. The van der Waals surface area contributed by atoms with Crippen LogP contribution in [-0.2, 0) is 30.5 Å². The van der Waals surface area contributed by atoms with Crippen LogP contribution in [0.25, 0.3) is 0 Å². The van der Waals surface area contributed by atoms with E-state index in [2.05, 4.69) is 0 Å². The molecule has 0 unspecified atom stereocenters. The molecule has 0 spiro atoms. The van der Waals surface area contributed by atoms with Crippen LogP contribution in [0.1, 0.15) is 31.7 Å². The van der Waals surface area contributed by atoms with Crippen molar-refractivity contribution in [1.29, 1.82) is 0 Å². The van der Waals surface area contributed by atoms with Gasteiger partial charge in [0.15, 0.2) is 0 Å². The molecule has 0 N–H and O–H groups in total. The minimum atomic E-state index is -0.792. The van der Waals surface area contributed by atoms with E-state index in [1.165, 1.54) is 4.90 Å². The molecule has 8 heteroatoms. The van der Waals surface area contributed by atoms with E-state index in [0.29, 0.717) is 19.3 Å². The zero-order valence-electron chi connectivity index (χ0n) is 15.1. The Morgan fingerprint density at radius 2 is 1.67 bits per heavy atom. The van der Waals surface area contributed by atoms with Crippen molar-refractivity contribution in [2.75, 3.05) is 13.2 Å². The lowest BCUT2D eigenvalue weighted by molar-refractivity contribution is -0.167. The zero-order valence-corrected chi connectivity index (χ0v) is 15.1. The minimum Gasteiger partial charge on any atom is -0.465 e. The van der Waals surface area contributed by atoms with Gasteiger partial charge in [0.1, 0.15) is 25.2 Å². The highest BCUT2D eigenvalue weighted by molar-refractivity contribution is 6.07. The van der Waals surface area contributed by atoms with E-state index < -0.39 is 42.5 Å². The third-order valence-corrected chi connectivity index (χ3v) is 4.74. The maximum Gasteiger partial charge on any atom is 0.411 e. The van der Waals surface area contributed by atoms with Gasteiger partial charge in [0.05, 0.1) is 6.61 Å². The summed E-state index contributed by atoms with van der Waals surface area (Å²) in [5, 5.41) is 0. The standard InChI is InChI=1S/C19H22N2O6/c1-2-26-16(22)11-20-17(23)14-9-6-10-15(18(20)24)21(14)19(25)27-12-13-7-4-3-5-8-13/h3-5,7-8,14-15H,2,6,9-12H2,1H3/t14-,15+. The lowest BCUT2D eigenvalue weighted by Gasteiger charge is -2.46. The Hall–Kier alpha value is -2.90. The largest absolute Gasteiger partial charge is 0.465 e. The lowest BCUT2D eigenvalue weighted by Crippen LogP contribution is -2.68. The predicted molar refractivity (Wildman–Crippen MR) is 93.2 cm³/mol. The SMILES string of the molecule is CCOC(=O)CN1C(=O)[C@H]2CCC[C@@H](C1=O)N2C(=O)OCc1ccccc1. The monoisotopic (exact) mass is 374 g/mol. The molecule has 0 aliphatic carbocycles. The number of carbonyl (C=O) groups is 4. The molecule has 2 aliphatic heterocycles. The van der Waals surface area contributed by atoms with Gasteiger partial charge in [-0.1, -0.05) is 30.3 Å². The van der Waals surface area contributed by atoms with E-state index in [9.17, 15) is 19.2 Å². The van der Waals surface area contributed by atoms with E-state index in [1.807, 2.05) is 30.3 Å². The normalized spacial score (nSPS) is 21.8. The molecule has 3 amide bonds. The number of nitrogens with zero attached hydrogens (tertiary/aromatic N) is 2. The van der Waals surface area contributed by atoms with Gasteiger partial charge in [-0.25, -0.2) is 4.79 Å². The van der Waals surface area contributed by atoms with Crippen LogP contribution in [0.3, 0.4) is 0 Å². The molecule has 2 atom stereocenters. The molecule has 0 saturated carbocycles. The first-order valence-electron chi connectivity index (χ1n) is 9.02. The second kappa shape index (κ2) is 8.20. The number of piperidine rings is 1. The number of imide groups is 1. The molecule has 144 valence electrons. The van der Waals surface area contributed by atoms with Crippen molar-refractivity contribution in [2.45, 2.75) is 44.9 Å². The number of fused-ring (bicyclic) bond motifs is 2. The third-order valence-electron chi connectivity index (χ3n) is 4.74. The molecule has 2 heterocycles. The highest BCUT2D eigenvalue weighted by atomic mass is 16.6. The van der Waals surface area contributed by atoms with Gasteiger partial charge in [-0.05, 0) is 31.7 Å². The first-order valence-corrected chi connectivity index (χ1v) is 9.02. The molecule has 0 radical (unpaired) electrons. The molecule has 3 rings (SSSR count). The van der Waals surface area contributed by atoms with Crippen molar-refractivity contribution < 1.29 is 28.7 Å². The second-order valence-electron chi connectivity index (χ2n) is 6.48. The number of carbonyl (C=O) groups excluding carboxylic acids is 4. The van der Waals surface area contributed by atoms with Gasteiger partial charge in [-0.15, -0.1) is 0 Å². The quantitative estimate of drug-likeness (QED) is 0.572. The summed E-state index contributed by atoms with van der Waals surface area (Å²) in [6, 6.07) is 7.58. The van der Waals surface area contributed by atoms with Crippen LogP contribution in [-0.4, -0.2) is 58.9 Å². The maximum absolute atomic E-state index is 12.7. The van der Waals surface area contributed by atoms with Crippen molar-refractivity contribution in [3.8, 4) is 0 Å². The summed E-state index contributed by atoms with van der Waals surface area (Å²) in [4.78, 5) is 51.9. The van der Waals surface area contributed by atoms with Gasteiger partial charge in [-0.2, -0.15) is 0 Å². The molecule has 0 aromatic heterocycles. The fraction of sp³-hybridized carbons (Fsp3) is 0.474. The average molecular weight is 374 g/mol. The number of rotatable bonds is 5. The Morgan fingerprint density at radius 1 is 1.04 bits per heavy atom. The van der Waals surface area contributed by atoms with Gasteiger partial charge < -0.3 is 9.47 Å². The number of piperazine rings is 1. The smallest absolute Gasteiger partial charge is 0.411 e. The second-order valence-corrected chi connectivity index (χ2v) is 6.48. The van der Waals surface area contributed by atoms with Crippen LogP contribution in [0.5, 0.6) is 0 Å². The summed E-state index contributed by atoms with van der Waals surface area (Å²) in [7, 11) is 0. The number of hydrogen-bond donors (Lipinski definition) is 0. The summed E-state index contributed by atoms with van der Waals surface area (Å²) >= 11 is 0. The molecule has 1 aromatic carbocycles. The lowest BCUT2D eigenvalue weighted by atomic mass is 9.90. The van der Waals surface area contributed by atoms with E-state index in [0.717, 1.165) is 10.5 Å². The Morgan fingerprint density at radius 3 is 2.26 bits per heavy atom. The number of esters is 1. The number of ether oxygens (including phenoxy) is 2. The van der Waals surface area contributed by atoms with Crippen LogP contribution < -0.4 is 0 Å². The summed E-state index contributed by atoms with van der Waals surface area (Å²) in [5.74, 6) is -1.75. The van der Waals surface area contributed by atoms with Crippen molar-refractivity contribution in [3.63, 3.8) is 0 Å². The molecule has 8 nitrogen and oxygen atoms in total. The van der Waals surface area contributed by atoms with Crippen LogP contribution >= 0.6 is 0 Å². The van der Waals surface area contributed by atoms with Gasteiger partial charge in [-0.3, -0.25) is 24.2 Å². The van der Waals surface area contributed by atoms with Gasteiger partial charge >= 0.3 is 12.1 Å². The summed E-state index contributed by atoms with van der Waals surface area (Å²) < 4.78 is 10.2. The molecular formula is C19H22N2O6. The predicted octanol–water partition coefficient (Wildman–Crippen LogP) is 1.48. The summed E-state index contributed by atoms with van der Waals surface area (Å²) in [5.41, 5.74) is 0.814. The molecule has 2 fully saturated rings. The Bertz CT molecular complexity index is 711. The van der Waals surface area contributed by atoms with Gasteiger partial charge in [0.25, 0.3) is 11.8 Å². The molecule has 27 heavy (non-hydrogen) atoms. The molecule has 2 aliphatic rings. The highest BCUT2D eigenvalue weighted by Crippen LogP contribution is 2.31. The minimum absolute atomic E-state index is 0.0601. The molecule has 1 aromatic rings. The first kappa shape index (κ1) is 18.9. The number of benzene rings is 1. The Kier molecular flexibility index (Phi) is 5.73. The van der Waals surface area contributed by atoms with E-state index in [1.54, 1.807) is 6.92 Å². The number of likely N-dealkylation sites (tertiary alicyclic amines) is 1. The molecule has 2 bridgehead atoms. The van der Waals surface area contributed by atoms with Crippen molar-refractivity contribution in [2.24, 2.45) is 0 Å². The van der Waals surface area contributed by atoms with Crippen molar-refractivity contribution in [1.82, 2.24) is 9.80 Å². The summed E-state index contributed by atoms with van der Waals surface area (Å²) in [6.07, 6.45) is 0.832. The number of amides is 3. The van der Waals surface area contributed by atoms with E-state index in [4.69, 9.17) is 9.47 Å². The zero-order chi connectivity index (χ0) is 19.4. The van der Waals surface area contributed by atoms with Gasteiger partial charge in [0, 0.05) is 0 Å².